The summed E-state index contributed by atoms with van der Waals surface area (Å²) in [6.07, 6.45) is 1.67. The fourth-order valence-electron chi connectivity index (χ4n) is 0.934. The summed E-state index contributed by atoms with van der Waals surface area (Å²) in [4.78, 5) is 29.2. The summed E-state index contributed by atoms with van der Waals surface area (Å²) in [6, 6.07) is 0. The van der Waals surface area contributed by atoms with Gasteiger partial charge in [-0.15, -0.1) is 0 Å². The Labute approximate surface area is 105 Å². The van der Waals surface area contributed by atoms with Crippen molar-refractivity contribution in [2.45, 2.75) is 39.5 Å². The van der Waals surface area contributed by atoms with Crippen LogP contribution in [0.3, 0.4) is 0 Å². The van der Waals surface area contributed by atoms with Crippen molar-refractivity contribution in [3.05, 3.63) is 0 Å². The largest absolute Gasteiger partial charge is 0.542 e. The molecule has 0 aromatic carbocycles. The fourth-order valence-corrected chi connectivity index (χ4v) is 0.934. The first-order valence-electron chi connectivity index (χ1n) is 5.72. The Balaban J connectivity index is 3.29. The molecule has 8 nitrogen and oxygen atoms in total. The molecule has 0 heterocycles. The molecular weight excluding hydrogens is 248 g/mol. The standard InChI is InChI=1S/C10H18O8/c1-3-5-6-7-8-14-10(12)16-18-17-15-9(11)13-4-2/h3-8H2,1-2H3. The summed E-state index contributed by atoms with van der Waals surface area (Å²) in [5, 5.41) is 7.56. The van der Waals surface area contributed by atoms with Gasteiger partial charge in [-0.2, -0.15) is 0 Å². The number of hydrogen-bond acceptors (Lipinski definition) is 8. The average Bonchev–Trinajstić information content (AvgIpc) is 2.35. The number of unbranched alkanes of at least 4 members (excludes halogenated alkanes) is 3. The molecule has 8 heteroatoms. The van der Waals surface area contributed by atoms with Gasteiger partial charge in [0, 0.05) is 10.1 Å². The first-order chi connectivity index (χ1) is 8.70. The van der Waals surface area contributed by atoms with Crippen LogP contribution in [-0.2, 0) is 29.3 Å². The molecule has 0 N–H and O–H groups in total. The number of rotatable bonds is 9. The van der Waals surface area contributed by atoms with Crippen molar-refractivity contribution >= 4 is 12.3 Å². The van der Waals surface area contributed by atoms with Gasteiger partial charge < -0.3 is 9.47 Å². The highest BCUT2D eigenvalue weighted by Crippen LogP contribution is 2.00. The van der Waals surface area contributed by atoms with Gasteiger partial charge in [-0.05, 0) is 13.3 Å². The smallest absolute Gasteiger partial charge is 0.433 e. The lowest BCUT2D eigenvalue weighted by Crippen LogP contribution is -2.12. The van der Waals surface area contributed by atoms with Crippen molar-refractivity contribution < 1.29 is 38.9 Å². The Kier molecular flexibility index (Phi) is 10.9. The molecule has 0 rings (SSSR count). The summed E-state index contributed by atoms with van der Waals surface area (Å²) >= 11 is 0. The van der Waals surface area contributed by atoms with Crippen LogP contribution < -0.4 is 0 Å². The Hall–Kier alpha value is -1.54. The Morgan fingerprint density at radius 2 is 1.44 bits per heavy atom. The van der Waals surface area contributed by atoms with Gasteiger partial charge in [-0.25, -0.2) is 19.4 Å². The molecule has 0 saturated heterocycles. The molecule has 18 heavy (non-hydrogen) atoms. The van der Waals surface area contributed by atoms with Crippen LogP contribution in [0.5, 0.6) is 0 Å². The fraction of sp³-hybridized carbons (Fsp3) is 0.800. The van der Waals surface area contributed by atoms with Crippen molar-refractivity contribution in [1.82, 2.24) is 0 Å². The van der Waals surface area contributed by atoms with Crippen LogP contribution in [0.25, 0.3) is 0 Å². The zero-order chi connectivity index (χ0) is 13.6. The van der Waals surface area contributed by atoms with E-state index in [4.69, 9.17) is 0 Å². The van der Waals surface area contributed by atoms with Crippen LogP contribution in [0.15, 0.2) is 0 Å². The molecule has 106 valence electrons. The van der Waals surface area contributed by atoms with E-state index in [1.54, 1.807) is 6.92 Å². The van der Waals surface area contributed by atoms with Crippen molar-refractivity contribution in [3.8, 4) is 0 Å². The van der Waals surface area contributed by atoms with Crippen molar-refractivity contribution in [3.63, 3.8) is 0 Å². The maximum Gasteiger partial charge on any atom is 0.542 e. The van der Waals surface area contributed by atoms with Crippen LogP contribution in [0.4, 0.5) is 9.59 Å². The summed E-state index contributed by atoms with van der Waals surface area (Å²) < 4.78 is 8.92. The van der Waals surface area contributed by atoms with Crippen molar-refractivity contribution in [2.75, 3.05) is 13.2 Å². The minimum Gasteiger partial charge on any atom is -0.433 e. The Morgan fingerprint density at radius 1 is 0.833 bits per heavy atom. The number of carbonyl (C=O) groups excluding carboxylic acids is 2. The van der Waals surface area contributed by atoms with Crippen LogP contribution in [0, 0.1) is 0 Å². The summed E-state index contributed by atoms with van der Waals surface area (Å²) in [6.45, 7) is 3.99. The topological polar surface area (TPSA) is 89.5 Å². The molecule has 0 bridgehead atoms. The number of hydrogen-bond donors (Lipinski definition) is 0. The molecular formula is C10H18O8. The molecule has 0 saturated carbocycles. The molecule has 0 aromatic rings. The normalized spacial score (nSPS) is 9.67. The molecule has 0 aliphatic carbocycles. The highest BCUT2D eigenvalue weighted by Gasteiger charge is 2.08. The predicted molar refractivity (Wildman–Crippen MR) is 56.9 cm³/mol. The second-order valence-electron chi connectivity index (χ2n) is 3.14. The quantitative estimate of drug-likeness (QED) is 0.272. The molecule has 0 fully saturated rings. The molecule has 0 aliphatic heterocycles. The van der Waals surface area contributed by atoms with Crippen LogP contribution in [0.1, 0.15) is 39.5 Å². The van der Waals surface area contributed by atoms with Gasteiger partial charge in [-0.3, -0.25) is 0 Å². The summed E-state index contributed by atoms with van der Waals surface area (Å²) in [5.74, 6) is 0. The van der Waals surface area contributed by atoms with E-state index in [1.807, 2.05) is 0 Å². The van der Waals surface area contributed by atoms with E-state index in [1.165, 1.54) is 0 Å². The first kappa shape index (κ1) is 16.5. The third-order valence-corrected chi connectivity index (χ3v) is 1.71. The molecule has 0 spiro atoms. The van der Waals surface area contributed by atoms with Crippen molar-refractivity contribution in [2.24, 2.45) is 0 Å². The van der Waals surface area contributed by atoms with Gasteiger partial charge in [-0.1, -0.05) is 26.2 Å². The lowest BCUT2D eigenvalue weighted by atomic mass is 10.2. The van der Waals surface area contributed by atoms with E-state index < -0.39 is 12.3 Å². The van der Waals surface area contributed by atoms with Gasteiger partial charge >= 0.3 is 12.3 Å². The highest BCUT2D eigenvalue weighted by molar-refractivity contribution is 5.59. The maximum atomic E-state index is 10.8. The van der Waals surface area contributed by atoms with E-state index in [2.05, 4.69) is 36.2 Å². The van der Waals surface area contributed by atoms with Crippen LogP contribution in [0.2, 0.25) is 0 Å². The first-order valence-corrected chi connectivity index (χ1v) is 5.72. The van der Waals surface area contributed by atoms with E-state index in [-0.39, 0.29) is 13.2 Å². The molecule has 0 atom stereocenters. The molecule has 0 aromatic heterocycles. The molecule has 0 aliphatic rings. The van der Waals surface area contributed by atoms with Gasteiger partial charge in [0.15, 0.2) is 0 Å². The maximum absolute atomic E-state index is 10.8. The van der Waals surface area contributed by atoms with Crippen molar-refractivity contribution in [1.29, 1.82) is 0 Å². The van der Waals surface area contributed by atoms with E-state index in [0.29, 0.717) is 0 Å². The summed E-state index contributed by atoms with van der Waals surface area (Å²) in [5.41, 5.74) is 0. The number of ether oxygens (including phenoxy) is 2. The Morgan fingerprint density at radius 3 is 2.00 bits per heavy atom. The van der Waals surface area contributed by atoms with Crippen LogP contribution in [-0.4, -0.2) is 25.5 Å². The molecule has 0 unspecified atom stereocenters. The molecule has 0 radical (unpaired) electrons. The van der Waals surface area contributed by atoms with E-state index in [0.717, 1.165) is 25.7 Å². The lowest BCUT2D eigenvalue weighted by molar-refractivity contribution is -0.601. The van der Waals surface area contributed by atoms with Gasteiger partial charge in [0.25, 0.3) is 0 Å². The summed E-state index contributed by atoms with van der Waals surface area (Å²) in [7, 11) is 0. The second-order valence-corrected chi connectivity index (χ2v) is 3.14. The minimum absolute atomic E-state index is 0.114. The minimum atomic E-state index is -1.12. The van der Waals surface area contributed by atoms with E-state index >= 15 is 0 Å². The third-order valence-electron chi connectivity index (χ3n) is 1.71. The van der Waals surface area contributed by atoms with Crippen LogP contribution >= 0.6 is 0 Å². The zero-order valence-electron chi connectivity index (χ0n) is 10.5. The molecule has 0 amide bonds. The number of carbonyl (C=O) groups is 2. The second kappa shape index (κ2) is 11.9. The highest BCUT2D eigenvalue weighted by atomic mass is 17.7. The SMILES string of the molecule is CCCCCCOC(=O)OOOOC(=O)OCC. The predicted octanol–water partition coefficient (Wildman–Crippen LogP) is 2.67. The lowest BCUT2D eigenvalue weighted by Gasteiger charge is -2.03. The Bertz CT molecular complexity index is 230. The van der Waals surface area contributed by atoms with Gasteiger partial charge in [0.05, 0.1) is 13.2 Å². The average molecular weight is 266 g/mol. The van der Waals surface area contributed by atoms with Gasteiger partial charge in [0.2, 0.25) is 0 Å². The van der Waals surface area contributed by atoms with Gasteiger partial charge in [0.1, 0.15) is 0 Å². The third kappa shape index (κ3) is 11.0. The monoisotopic (exact) mass is 266 g/mol. The van der Waals surface area contributed by atoms with E-state index in [9.17, 15) is 9.59 Å². The zero-order valence-corrected chi connectivity index (χ0v) is 10.5.